The Morgan fingerprint density at radius 1 is 0.321 bits per heavy atom. The maximum atomic E-state index is 2.48. The van der Waals surface area contributed by atoms with E-state index in [-0.39, 0.29) is 0 Å². The Balaban J connectivity index is 1.06. The quantitative estimate of drug-likeness (QED) is 0.177. The minimum Gasteiger partial charge on any atom is -0.309 e. The minimum atomic E-state index is 0.902. The molecule has 53 heavy (non-hydrogen) atoms. The van der Waals surface area contributed by atoms with Gasteiger partial charge in [0.2, 0.25) is 0 Å². The number of hydrogen-bond donors (Lipinski definition) is 0. The molecule has 2 nitrogen and oxygen atoms in total. The molecule has 0 bridgehead atoms. The van der Waals surface area contributed by atoms with Crippen molar-refractivity contribution in [3.63, 3.8) is 0 Å². The van der Waals surface area contributed by atoms with Crippen LogP contribution in [-0.4, -0.2) is 9.13 Å². The van der Waals surface area contributed by atoms with Crippen molar-refractivity contribution in [2.45, 2.75) is 6.42 Å². The molecule has 9 aromatic carbocycles. The Hall–Kier alpha value is -6.90. The summed E-state index contributed by atoms with van der Waals surface area (Å²) >= 11 is 0. The van der Waals surface area contributed by atoms with Gasteiger partial charge in [-0.2, -0.15) is 0 Å². The molecule has 2 aromatic heterocycles. The van der Waals surface area contributed by atoms with E-state index in [2.05, 4.69) is 191 Å². The largest absolute Gasteiger partial charge is 0.309 e. The lowest BCUT2D eigenvalue weighted by molar-refractivity contribution is 1.16. The van der Waals surface area contributed by atoms with E-state index < -0.39 is 0 Å². The van der Waals surface area contributed by atoms with Crippen LogP contribution in [0, 0.1) is 0 Å². The number of para-hydroxylation sites is 3. The first-order valence-electron chi connectivity index (χ1n) is 18.5. The predicted octanol–water partition coefficient (Wildman–Crippen LogP) is 13.4. The molecule has 0 unspecified atom stereocenters. The van der Waals surface area contributed by atoms with Crippen molar-refractivity contribution >= 4 is 65.2 Å². The SMILES string of the molecule is c1ccc(-n2c3ccccc3c3ccc(-c4ccc5c(c4)-c4cccc6c4c(cc4c6c6ccccc6n4-c4ccc6ccccc6c4)C5)cc32)cc1. The van der Waals surface area contributed by atoms with E-state index in [1.165, 1.54) is 110 Å². The molecule has 12 rings (SSSR count). The van der Waals surface area contributed by atoms with Crippen molar-refractivity contribution in [3.05, 3.63) is 193 Å². The monoisotopic (exact) mass is 672 g/mol. The third kappa shape index (κ3) is 4.09. The first kappa shape index (κ1) is 28.8. The van der Waals surface area contributed by atoms with Crippen LogP contribution >= 0.6 is 0 Å². The van der Waals surface area contributed by atoms with Crippen molar-refractivity contribution in [2.75, 3.05) is 0 Å². The topological polar surface area (TPSA) is 9.86 Å². The van der Waals surface area contributed by atoms with Gasteiger partial charge in [0.15, 0.2) is 0 Å². The molecule has 0 amide bonds. The zero-order valence-corrected chi connectivity index (χ0v) is 28.9. The Morgan fingerprint density at radius 2 is 1.00 bits per heavy atom. The van der Waals surface area contributed by atoms with Gasteiger partial charge in [-0.05, 0) is 116 Å². The van der Waals surface area contributed by atoms with Gasteiger partial charge in [0, 0.05) is 32.9 Å². The Morgan fingerprint density at radius 3 is 1.89 bits per heavy atom. The number of fused-ring (bicyclic) bond motifs is 10. The Kier molecular flexibility index (Phi) is 5.86. The first-order chi connectivity index (χ1) is 26.3. The molecule has 11 aromatic rings. The van der Waals surface area contributed by atoms with E-state index in [0.29, 0.717) is 0 Å². The van der Waals surface area contributed by atoms with Gasteiger partial charge >= 0.3 is 0 Å². The third-order valence-electron chi connectivity index (χ3n) is 11.7. The maximum Gasteiger partial charge on any atom is 0.0550 e. The van der Waals surface area contributed by atoms with Crippen LogP contribution in [0.5, 0.6) is 0 Å². The van der Waals surface area contributed by atoms with E-state index in [0.717, 1.165) is 6.42 Å². The third-order valence-corrected chi connectivity index (χ3v) is 11.7. The van der Waals surface area contributed by atoms with Crippen molar-refractivity contribution in [2.24, 2.45) is 0 Å². The lowest BCUT2D eigenvalue weighted by atomic mass is 9.81. The molecule has 0 saturated carbocycles. The van der Waals surface area contributed by atoms with Gasteiger partial charge in [0.1, 0.15) is 0 Å². The van der Waals surface area contributed by atoms with E-state index in [9.17, 15) is 0 Å². The van der Waals surface area contributed by atoms with Gasteiger partial charge in [0.25, 0.3) is 0 Å². The number of hydrogen-bond acceptors (Lipinski definition) is 0. The minimum absolute atomic E-state index is 0.902. The summed E-state index contributed by atoms with van der Waals surface area (Å²) in [6, 6.07) is 67.4. The van der Waals surface area contributed by atoms with Gasteiger partial charge in [-0.25, -0.2) is 0 Å². The van der Waals surface area contributed by atoms with E-state index >= 15 is 0 Å². The number of aromatic nitrogens is 2. The van der Waals surface area contributed by atoms with Crippen LogP contribution in [0.3, 0.4) is 0 Å². The molecule has 246 valence electrons. The number of benzene rings is 9. The fourth-order valence-corrected chi connectivity index (χ4v) is 9.35. The molecule has 0 radical (unpaired) electrons. The smallest absolute Gasteiger partial charge is 0.0550 e. The molecule has 2 heteroatoms. The molecule has 1 aliphatic carbocycles. The second kappa shape index (κ2) is 10.8. The molecule has 0 aliphatic heterocycles. The summed E-state index contributed by atoms with van der Waals surface area (Å²) in [6.45, 7) is 0. The standard InChI is InChI=1S/C51H32N2/c1-2-13-38(14-3-1)52-46-19-8-6-15-40(46)41-26-24-35(30-48(41)52)34-21-22-36-27-37-31-49-51(44-18-10-17-42(50(37)44)45(36)29-34)43-16-7-9-20-47(43)53(49)39-25-23-32-11-4-5-12-33(32)28-39/h1-26,28-31H,27H2. The van der Waals surface area contributed by atoms with Crippen LogP contribution in [0.1, 0.15) is 11.1 Å². The van der Waals surface area contributed by atoms with Crippen LogP contribution in [0.4, 0.5) is 0 Å². The lowest BCUT2D eigenvalue weighted by Gasteiger charge is -2.23. The summed E-state index contributed by atoms with van der Waals surface area (Å²) in [5, 5.41) is 10.4. The van der Waals surface area contributed by atoms with Gasteiger partial charge in [-0.15, -0.1) is 0 Å². The molecule has 0 spiro atoms. The Labute approximate surface area is 306 Å². The van der Waals surface area contributed by atoms with Crippen molar-refractivity contribution < 1.29 is 0 Å². The molecule has 0 N–H and O–H groups in total. The van der Waals surface area contributed by atoms with Gasteiger partial charge in [-0.1, -0.05) is 127 Å². The lowest BCUT2D eigenvalue weighted by Crippen LogP contribution is -2.03. The Bertz CT molecular complexity index is 3300. The summed E-state index contributed by atoms with van der Waals surface area (Å²) in [5.41, 5.74) is 15.2. The van der Waals surface area contributed by atoms with Gasteiger partial charge in [-0.3, -0.25) is 0 Å². The summed E-state index contributed by atoms with van der Waals surface area (Å²) in [7, 11) is 0. The molecule has 1 aliphatic rings. The molecule has 0 atom stereocenters. The molecular formula is C51H32N2. The fourth-order valence-electron chi connectivity index (χ4n) is 9.35. The summed E-state index contributed by atoms with van der Waals surface area (Å²) < 4.78 is 4.88. The highest BCUT2D eigenvalue weighted by Gasteiger charge is 2.24. The highest BCUT2D eigenvalue weighted by molar-refractivity contribution is 6.24. The van der Waals surface area contributed by atoms with Gasteiger partial charge < -0.3 is 9.13 Å². The van der Waals surface area contributed by atoms with Crippen LogP contribution in [0.25, 0.3) is 98.8 Å². The number of nitrogens with zero attached hydrogens (tertiary/aromatic N) is 2. The zero-order valence-electron chi connectivity index (χ0n) is 28.9. The van der Waals surface area contributed by atoms with E-state index in [1.54, 1.807) is 0 Å². The van der Waals surface area contributed by atoms with E-state index in [1.807, 2.05) is 0 Å². The normalized spacial score (nSPS) is 12.5. The van der Waals surface area contributed by atoms with Crippen molar-refractivity contribution in [3.8, 4) is 33.6 Å². The molecule has 0 saturated heterocycles. The maximum absolute atomic E-state index is 2.48. The van der Waals surface area contributed by atoms with E-state index in [4.69, 9.17) is 0 Å². The van der Waals surface area contributed by atoms with Crippen LogP contribution < -0.4 is 0 Å². The van der Waals surface area contributed by atoms with Gasteiger partial charge in [0.05, 0.1) is 22.1 Å². The van der Waals surface area contributed by atoms with Crippen LogP contribution in [0.2, 0.25) is 0 Å². The molecule has 0 fully saturated rings. The number of rotatable bonds is 3. The molecule has 2 heterocycles. The average Bonchev–Trinajstić information content (AvgIpc) is 3.73. The highest BCUT2D eigenvalue weighted by Crippen LogP contribution is 2.46. The highest BCUT2D eigenvalue weighted by atomic mass is 15.0. The molecular weight excluding hydrogens is 641 g/mol. The van der Waals surface area contributed by atoms with Crippen LogP contribution in [-0.2, 0) is 6.42 Å². The second-order valence-corrected chi connectivity index (χ2v) is 14.5. The predicted molar refractivity (Wildman–Crippen MR) is 224 cm³/mol. The van der Waals surface area contributed by atoms with Crippen molar-refractivity contribution in [1.29, 1.82) is 0 Å². The first-order valence-corrected chi connectivity index (χ1v) is 18.5. The average molecular weight is 673 g/mol. The summed E-state index contributed by atoms with van der Waals surface area (Å²) in [4.78, 5) is 0. The summed E-state index contributed by atoms with van der Waals surface area (Å²) in [6.07, 6.45) is 0.902. The summed E-state index contributed by atoms with van der Waals surface area (Å²) in [5.74, 6) is 0. The fraction of sp³-hybridized carbons (Fsp3) is 0.0196. The zero-order chi connectivity index (χ0) is 34.6. The second-order valence-electron chi connectivity index (χ2n) is 14.5. The van der Waals surface area contributed by atoms with Crippen LogP contribution in [0.15, 0.2) is 182 Å². The van der Waals surface area contributed by atoms with Crippen molar-refractivity contribution in [1.82, 2.24) is 9.13 Å².